The Hall–Kier alpha value is -5.10. The third-order valence-corrected chi connectivity index (χ3v) is 9.03. The second-order valence-corrected chi connectivity index (χ2v) is 12.3. The van der Waals surface area contributed by atoms with Crippen molar-refractivity contribution < 1.29 is 24.2 Å². The topological polar surface area (TPSA) is 141 Å². The lowest BCUT2D eigenvalue weighted by Crippen LogP contribution is -2.44. The number of carboxylic acid groups (broad SMARTS) is 1. The highest BCUT2D eigenvalue weighted by Crippen LogP contribution is 2.33. The number of carbonyl (C=O) groups is 2. The summed E-state index contributed by atoms with van der Waals surface area (Å²) in [6, 6.07) is 17.5. The lowest BCUT2D eigenvalue weighted by atomic mass is 9.93. The number of aliphatic carboxylic acids is 1. The number of carbonyl (C=O) groups excluding carboxylic acids is 1. The number of pyridine rings is 3. The Balaban J connectivity index is 1.17. The number of hydrogen-bond donors (Lipinski definition) is 4. The van der Waals surface area contributed by atoms with Crippen molar-refractivity contribution in [2.24, 2.45) is 0 Å². The molecule has 11 heteroatoms. The van der Waals surface area contributed by atoms with E-state index in [-0.39, 0.29) is 18.0 Å². The first-order valence-corrected chi connectivity index (χ1v) is 16.5. The van der Waals surface area contributed by atoms with Crippen LogP contribution in [-0.4, -0.2) is 67.7 Å². The van der Waals surface area contributed by atoms with Gasteiger partial charge in [-0.3, -0.25) is 29.4 Å². The summed E-state index contributed by atoms with van der Waals surface area (Å²) in [5.74, 6) is -1.92. The first-order valence-electron chi connectivity index (χ1n) is 16.5. The number of likely N-dealkylation sites (tertiary alicyclic amines) is 1. The van der Waals surface area contributed by atoms with Gasteiger partial charge in [0.25, 0.3) is 5.91 Å². The van der Waals surface area contributed by atoms with Crippen molar-refractivity contribution in [2.75, 3.05) is 25.0 Å². The lowest BCUT2D eigenvalue weighted by molar-refractivity contribution is -0.144. The number of carboxylic acids is 1. The highest BCUT2D eigenvalue weighted by molar-refractivity contribution is 6.03. The zero-order chi connectivity index (χ0) is 34.3. The standard InChI is InChI=1S/C38H39FN6O4/c1-24-27(19-33-36-28(13-14-41-33)18-26(22-43-36)20-40-15-17-46)6-4-7-29(24)30-8-5-9-31(35(30)39)44-37(47)32-12-11-25(21-42-32)23-45-16-3-2-10-34(45)38(48)49/h4-9,11-14,18,21-22,34,40,46H,2-3,10,15-17,19-20,23H2,1H3,(H,44,47)(H,48,49)/t34-/m0/s1. The minimum atomic E-state index is -0.826. The number of fused-ring (bicyclic) bond motifs is 1. The summed E-state index contributed by atoms with van der Waals surface area (Å²) in [6.07, 6.45) is 8.09. The number of piperidine rings is 1. The summed E-state index contributed by atoms with van der Waals surface area (Å²) >= 11 is 0. The molecule has 3 aromatic heterocycles. The van der Waals surface area contributed by atoms with Crippen LogP contribution in [0.25, 0.3) is 22.0 Å². The van der Waals surface area contributed by atoms with Crippen LogP contribution in [0.15, 0.2) is 79.3 Å². The minimum absolute atomic E-state index is 0.0417. The lowest BCUT2D eigenvalue weighted by Gasteiger charge is -2.32. The first-order chi connectivity index (χ1) is 23.8. The summed E-state index contributed by atoms with van der Waals surface area (Å²) < 4.78 is 16.0. The molecule has 4 N–H and O–H groups in total. The minimum Gasteiger partial charge on any atom is -0.480 e. The fraction of sp³-hybridized carbons (Fsp3) is 0.289. The van der Waals surface area contributed by atoms with Crippen LogP contribution in [0.1, 0.15) is 57.7 Å². The van der Waals surface area contributed by atoms with Crippen LogP contribution in [-0.2, 0) is 24.3 Å². The predicted molar refractivity (Wildman–Crippen MR) is 186 cm³/mol. The molecule has 1 aliphatic rings. The summed E-state index contributed by atoms with van der Waals surface area (Å²) in [4.78, 5) is 40.3. The number of rotatable bonds is 12. The van der Waals surface area contributed by atoms with Crippen molar-refractivity contribution in [2.45, 2.75) is 51.7 Å². The van der Waals surface area contributed by atoms with Gasteiger partial charge in [-0.25, -0.2) is 4.39 Å². The average Bonchev–Trinajstić information content (AvgIpc) is 3.11. The maximum atomic E-state index is 16.0. The molecule has 0 radical (unpaired) electrons. The van der Waals surface area contributed by atoms with Crippen molar-refractivity contribution in [1.82, 2.24) is 25.2 Å². The van der Waals surface area contributed by atoms with Gasteiger partial charge in [0.05, 0.1) is 23.5 Å². The van der Waals surface area contributed by atoms with Crippen LogP contribution >= 0.6 is 0 Å². The molecule has 0 aliphatic carbocycles. The molecule has 0 bridgehead atoms. The fourth-order valence-electron chi connectivity index (χ4n) is 6.42. The Kier molecular flexibility index (Phi) is 10.6. The van der Waals surface area contributed by atoms with Gasteiger partial charge in [-0.1, -0.05) is 42.8 Å². The van der Waals surface area contributed by atoms with Gasteiger partial charge in [-0.15, -0.1) is 0 Å². The Morgan fingerprint density at radius 3 is 2.59 bits per heavy atom. The molecule has 5 aromatic rings. The van der Waals surface area contributed by atoms with E-state index < -0.39 is 23.7 Å². The molecule has 0 unspecified atom stereocenters. The molecule has 1 amide bonds. The number of anilines is 1. The van der Waals surface area contributed by atoms with Gasteiger partial charge >= 0.3 is 5.97 Å². The molecule has 0 saturated carbocycles. The molecular weight excluding hydrogens is 623 g/mol. The second-order valence-electron chi connectivity index (χ2n) is 12.3. The smallest absolute Gasteiger partial charge is 0.320 e. The van der Waals surface area contributed by atoms with Gasteiger partial charge in [-0.2, -0.15) is 0 Å². The number of halogens is 1. The Morgan fingerprint density at radius 1 is 0.980 bits per heavy atom. The number of aliphatic hydroxyl groups excluding tert-OH is 1. The van der Waals surface area contributed by atoms with Crippen molar-refractivity contribution in [3.8, 4) is 11.1 Å². The number of amides is 1. The van der Waals surface area contributed by atoms with E-state index in [9.17, 15) is 14.7 Å². The number of nitrogens with one attached hydrogen (secondary N) is 2. The van der Waals surface area contributed by atoms with Crippen molar-refractivity contribution in [3.63, 3.8) is 0 Å². The number of aromatic nitrogens is 3. The van der Waals surface area contributed by atoms with Crippen LogP contribution in [0.5, 0.6) is 0 Å². The van der Waals surface area contributed by atoms with Crippen LogP contribution in [0.3, 0.4) is 0 Å². The molecule has 6 rings (SSSR count). The van der Waals surface area contributed by atoms with E-state index in [2.05, 4.69) is 26.7 Å². The quantitative estimate of drug-likeness (QED) is 0.127. The normalized spacial score (nSPS) is 15.0. The van der Waals surface area contributed by atoms with Crippen molar-refractivity contribution in [3.05, 3.63) is 119 Å². The van der Waals surface area contributed by atoms with Crippen molar-refractivity contribution in [1.29, 1.82) is 0 Å². The second kappa shape index (κ2) is 15.4. The molecule has 1 saturated heterocycles. The SMILES string of the molecule is Cc1c(Cc2nccc3cc(CNCCO)cnc23)cccc1-c1cccc(NC(=O)c2ccc(CN3CCCC[C@H]3C(=O)O)cn2)c1F. The summed E-state index contributed by atoms with van der Waals surface area (Å²) in [7, 11) is 0. The van der Waals surface area contributed by atoms with Crippen LogP contribution in [0, 0.1) is 12.7 Å². The summed E-state index contributed by atoms with van der Waals surface area (Å²) in [6.45, 7) is 4.26. The Bertz CT molecular complexity index is 1970. The van der Waals surface area contributed by atoms with Gasteiger partial charge in [-0.05, 0) is 78.4 Å². The van der Waals surface area contributed by atoms with Crippen LogP contribution in [0.2, 0.25) is 0 Å². The molecule has 1 aliphatic heterocycles. The van der Waals surface area contributed by atoms with E-state index >= 15 is 4.39 Å². The molecule has 0 spiro atoms. The molecule has 252 valence electrons. The fourth-order valence-corrected chi connectivity index (χ4v) is 6.42. The van der Waals surface area contributed by atoms with Gasteiger partial charge in [0, 0.05) is 55.6 Å². The predicted octanol–water partition coefficient (Wildman–Crippen LogP) is 5.50. The zero-order valence-corrected chi connectivity index (χ0v) is 27.3. The molecule has 1 fully saturated rings. The monoisotopic (exact) mass is 662 g/mol. The Labute approximate surface area is 284 Å². The molecule has 1 atom stereocenters. The molecule has 2 aromatic carbocycles. The average molecular weight is 663 g/mol. The van der Waals surface area contributed by atoms with Crippen LogP contribution in [0.4, 0.5) is 10.1 Å². The van der Waals surface area contributed by atoms with E-state index in [4.69, 9.17) is 10.1 Å². The number of hydrogen-bond acceptors (Lipinski definition) is 8. The van der Waals surface area contributed by atoms with Gasteiger partial charge in [0.15, 0.2) is 5.82 Å². The van der Waals surface area contributed by atoms with E-state index in [1.807, 2.05) is 42.3 Å². The molecule has 4 heterocycles. The zero-order valence-electron chi connectivity index (χ0n) is 27.3. The molecular formula is C38H39FN6O4. The number of benzene rings is 2. The number of aliphatic hydroxyl groups is 1. The van der Waals surface area contributed by atoms with E-state index in [0.717, 1.165) is 51.7 Å². The molecule has 10 nitrogen and oxygen atoms in total. The summed E-state index contributed by atoms with van der Waals surface area (Å²) in [5, 5.41) is 25.4. The van der Waals surface area contributed by atoms with Gasteiger partial charge in [0.2, 0.25) is 0 Å². The van der Waals surface area contributed by atoms with E-state index in [1.165, 1.54) is 6.07 Å². The summed E-state index contributed by atoms with van der Waals surface area (Å²) in [5.41, 5.74) is 6.53. The highest BCUT2D eigenvalue weighted by Gasteiger charge is 2.28. The largest absolute Gasteiger partial charge is 0.480 e. The maximum Gasteiger partial charge on any atom is 0.320 e. The van der Waals surface area contributed by atoms with E-state index in [1.54, 1.807) is 36.7 Å². The van der Waals surface area contributed by atoms with Crippen molar-refractivity contribution >= 4 is 28.5 Å². The maximum absolute atomic E-state index is 16.0. The third-order valence-electron chi connectivity index (χ3n) is 9.03. The number of nitrogens with zero attached hydrogens (tertiary/aromatic N) is 4. The van der Waals surface area contributed by atoms with E-state index in [0.29, 0.717) is 50.1 Å². The Morgan fingerprint density at radius 2 is 1.80 bits per heavy atom. The first kappa shape index (κ1) is 33.8. The van der Waals surface area contributed by atoms with Gasteiger partial charge < -0.3 is 20.8 Å². The third kappa shape index (κ3) is 7.80. The molecule has 49 heavy (non-hydrogen) atoms. The highest BCUT2D eigenvalue weighted by atomic mass is 19.1. The van der Waals surface area contributed by atoms with Crippen LogP contribution < -0.4 is 10.6 Å². The van der Waals surface area contributed by atoms with Gasteiger partial charge in [0.1, 0.15) is 11.7 Å².